The first-order valence-corrected chi connectivity index (χ1v) is 10.7. The molecule has 0 radical (unpaired) electrons. The lowest BCUT2D eigenvalue weighted by molar-refractivity contribution is 0.164. The van der Waals surface area contributed by atoms with Crippen LogP contribution in [0.2, 0.25) is 0 Å². The lowest BCUT2D eigenvalue weighted by Gasteiger charge is -2.46. The van der Waals surface area contributed by atoms with Crippen LogP contribution in [-0.4, -0.2) is 46.5 Å². The van der Waals surface area contributed by atoms with Gasteiger partial charge < -0.3 is 4.90 Å². The first kappa shape index (κ1) is 19.9. The predicted molar refractivity (Wildman–Crippen MR) is 113 cm³/mol. The monoisotopic (exact) mass is 452 g/mol. The number of fused-ring (bicyclic) bond motifs is 3. The van der Waals surface area contributed by atoms with Gasteiger partial charge in [0.15, 0.2) is 23.3 Å². The maximum atomic E-state index is 13.8. The van der Waals surface area contributed by atoms with E-state index in [0.29, 0.717) is 41.7 Å². The SMILES string of the molecule is CCC1c2nncn2-c2cnc(-n3ccnc3-c3ccc(F)c(F)c3)nc2N1C1CC(F)C1. The van der Waals surface area contributed by atoms with Crippen LogP contribution < -0.4 is 4.90 Å². The van der Waals surface area contributed by atoms with Gasteiger partial charge in [0.05, 0.1) is 12.2 Å². The zero-order valence-corrected chi connectivity index (χ0v) is 17.6. The largest absolute Gasteiger partial charge is 0.341 e. The highest BCUT2D eigenvalue weighted by Gasteiger charge is 2.43. The molecule has 1 atom stereocenters. The summed E-state index contributed by atoms with van der Waals surface area (Å²) in [6.45, 7) is 2.05. The molecule has 0 saturated heterocycles. The molecule has 1 fully saturated rings. The molecular formula is C22H19F3N8. The van der Waals surface area contributed by atoms with Gasteiger partial charge in [-0.1, -0.05) is 6.92 Å². The molecule has 4 heterocycles. The van der Waals surface area contributed by atoms with Crippen LogP contribution in [0.1, 0.15) is 38.1 Å². The molecule has 3 aromatic heterocycles. The average molecular weight is 452 g/mol. The molecule has 6 rings (SSSR count). The Morgan fingerprint density at radius 3 is 2.70 bits per heavy atom. The highest BCUT2D eigenvalue weighted by Crippen LogP contribution is 2.44. The van der Waals surface area contributed by atoms with Gasteiger partial charge >= 0.3 is 0 Å². The van der Waals surface area contributed by atoms with Crippen molar-refractivity contribution in [3.8, 4) is 23.0 Å². The van der Waals surface area contributed by atoms with E-state index < -0.39 is 17.8 Å². The molecule has 11 heteroatoms. The quantitative estimate of drug-likeness (QED) is 0.467. The van der Waals surface area contributed by atoms with Gasteiger partial charge in [-0.25, -0.2) is 23.1 Å². The van der Waals surface area contributed by atoms with Crippen LogP contribution in [0.4, 0.5) is 19.0 Å². The minimum absolute atomic E-state index is 0.00893. The molecule has 0 amide bonds. The van der Waals surface area contributed by atoms with Gasteiger partial charge in [-0.2, -0.15) is 4.98 Å². The van der Waals surface area contributed by atoms with Crippen molar-refractivity contribution in [1.82, 2.24) is 34.3 Å². The van der Waals surface area contributed by atoms with Crippen LogP contribution in [0.25, 0.3) is 23.0 Å². The van der Waals surface area contributed by atoms with Gasteiger partial charge in [-0.15, -0.1) is 10.2 Å². The van der Waals surface area contributed by atoms with E-state index in [-0.39, 0.29) is 12.1 Å². The Kier molecular flexibility index (Phi) is 4.46. The lowest BCUT2D eigenvalue weighted by Crippen LogP contribution is -2.50. The average Bonchev–Trinajstić information content (AvgIpc) is 3.48. The maximum Gasteiger partial charge on any atom is 0.237 e. The van der Waals surface area contributed by atoms with Crippen molar-refractivity contribution in [3.05, 3.63) is 60.6 Å². The van der Waals surface area contributed by atoms with E-state index in [2.05, 4.69) is 25.1 Å². The Bertz CT molecular complexity index is 1340. The second-order valence-electron chi connectivity index (χ2n) is 8.24. The van der Waals surface area contributed by atoms with Crippen molar-refractivity contribution in [2.45, 2.75) is 44.4 Å². The Morgan fingerprint density at radius 2 is 1.94 bits per heavy atom. The molecule has 0 N–H and O–H groups in total. The van der Waals surface area contributed by atoms with Crippen molar-refractivity contribution in [3.63, 3.8) is 0 Å². The third-order valence-corrected chi connectivity index (χ3v) is 6.32. The molecular weight excluding hydrogens is 433 g/mol. The highest BCUT2D eigenvalue weighted by atomic mass is 19.2. The molecule has 1 aliphatic carbocycles. The summed E-state index contributed by atoms with van der Waals surface area (Å²) in [5, 5.41) is 8.37. The number of benzene rings is 1. The molecule has 1 saturated carbocycles. The van der Waals surface area contributed by atoms with Crippen LogP contribution in [0.3, 0.4) is 0 Å². The minimum atomic E-state index is -0.962. The predicted octanol–water partition coefficient (Wildman–Crippen LogP) is 3.96. The zero-order chi connectivity index (χ0) is 22.7. The Balaban J connectivity index is 1.49. The van der Waals surface area contributed by atoms with Crippen molar-refractivity contribution in [2.75, 3.05) is 4.90 Å². The number of anilines is 1. The van der Waals surface area contributed by atoms with E-state index in [4.69, 9.17) is 4.98 Å². The molecule has 1 aromatic carbocycles. The normalized spacial score (nSPS) is 21.5. The topological polar surface area (TPSA) is 77.5 Å². The zero-order valence-electron chi connectivity index (χ0n) is 17.6. The minimum Gasteiger partial charge on any atom is -0.341 e. The molecule has 0 spiro atoms. The van der Waals surface area contributed by atoms with Gasteiger partial charge in [-0.05, 0) is 37.5 Å². The van der Waals surface area contributed by atoms with E-state index >= 15 is 0 Å². The Morgan fingerprint density at radius 1 is 1.09 bits per heavy atom. The van der Waals surface area contributed by atoms with Crippen LogP contribution in [0, 0.1) is 11.6 Å². The number of halogens is 3. The van der Waals surface area contributed by atoms with Gasteiger partial charge in [0.2, 0.25) is 5.95 Å². The second-order valence-corrected chi connectivity index (χ2v) is 8.24. The molecule has 1 aliphatic heterocycles. The van der Waals surface area contributed by atoms with Crippen molar-refractivity contribution in [1.29, 1.82) is 0 Å². The number of aromatic nitrogens is 7. The van der Waals surface area contributed by atoms with Crippen LogP contribution in [0.5, 0.6) is 0 Å². The summed E-state index contributed by atoms with van der Waals surface area (Å²) in [6, 6.07) is 3.49. The van der Waals surface area contributed by atoms with Crippen LogP contribution >= 0.6 is 0 Å². The van der Waals surface area contributed by atoms with Crippen LogP contribution in [0.15, 0.2) is 43.1 Å². The van der Waals surface area contributed by atoms with Crippen molar-refractivity contribution < 1.29 is 13.2 Å². The standard InChI is InChI=1S/C22H19F3N8/c1-2-17-21-30-28-11-32(21)18-10-27-22(29-20(18)33(17)14-8-13(23)9-14)31-6-5-26-19(31)12-3-4-15(24)16(25)7-12/h3-7,10-11,13-14,17H,2,8-9H2,1H3. The van der Waals surface area contributed by atoms with Gasteiger partial charge in [0.25, 0.3) is 0 Å². The lowest BCUT2D eigenvalue weighted by atomic mass is 9.87. The Hall–Kier alpha value is -3.76. The fourth-order valence-electron chi connectivity index (χ4n) is 4.63. The summed E-state index contributed by atoms with van der Waals surface area (Å²) in [6.07, 6.45) is 7.27. The van der Waals surface area contributed by atoms with Crippen LogP contribution in [-0.2, 0) is 0 Å². The molecule has 0 bridgehead atoms. The molecule has 8 nitrogen and oxygen atoms in total. The fraction of sp³-hybridized carbons (Fsp3) is 0.318. The fourth-order valence-corrected chi connectivity index (χ4v) is 4.63. The third-order valence-electron chi connectivity index (χ3n) is 6.32. The first-order chi connectivity index (χ1) is 16.0. The second kappa shape index (κ2) is 7.39. The van der Waals surface area contributed by atoms with Crippen molar-refractivity contribution in [2.24, 2.45) is 0 Å². The van der Waals surface area contributed by atoms with E-state index in [1.165, 1.54) is 6.07 Å². The Labute approximate surface area is 186 Å². The molecule has 168 valence electrons. The summed E-state index contributed by atoms with van der Waals surface area (Å²) in [4.78, 5) is 15.8. The molecule has 1 unspecified atom stereocenters. The van der Waals surface area contributed by atoms with E-state index in [1.807, 2.05) is 11.5 Å². The number of rotatable bonds is 4. The smallest absolute Gasteiger partial charge is 0.237 e. The number of hydrogen-bond acceptors (Lipinski definition) is 6. The summed E-state index contributed by atoms with van der Waals surface area (Å²) < 4.78 is 44.6. The summed E-state index contributed by atoms with van der Waals surface area (Å²) in [7, 11) is 0. The first-order valence-electron chi connectivity index (χ1n) is 10.7. The summed E-state index contributed by atoms with van der Waals surface area (Å²) in [5.41, 5.74) is 1.10. The summed E-state index contributed by atoms with van der Waals surface area (Å²) >= 11 is 0. The van der Waals surface area contributed by atoms with Gasteiger partial charge in [0.1, 0.15) is 24.0 Å². The number of imidazole rings is 1. The number of hydrogen-bond donors (Lipinski definition) is 0. The number of alkyl halides is 1. The third kappa shape index (κ3) is 3.02. The molecule has 2 aliphatic rings. The summed E-state index contributed by atoms with van der Waals surface area (Å²) in [5.74, 6) is 0.227. The molecule has 33 heavy (non-hydrogen) atoms. The van der Waals surface area contributed by atoms with Crippen molar-refractivity contribution >= 4 is 5.82 Å². The van der Waals surface area contributed by atoms with E-state index in [9.17, 15) is 13.2 Å². The van der Waals surface area contributed by atoms with Gasteiger partial charge in [-0.3, -0.25) is 9.13 Å². The van der Waals surface area contributed by atoms with E-state index in [0.717, 1.165) is 24.4 Å². The maximum absolute atomic E-state index is 13.8. The highest BCUT2D eigenvalue weighted by molar-refractivity contribution is 5.64. The number of nitrogens with zero attached hydrogens (tertiary/aromatic N) is 8. The van der Waals surface area contributed by atoms with Gasteiger partial charge in [0, 0.05) is 24.0 Å². The van der Waals surface area contributed by atoms with E-state index in [1.54, 1.807) is 29.5 Å². The molecule has 4 aromatic rings.